The number of ether oxygens (including phenoxy) is 1. The van der Waals surface area contributed by atoms with E-state index < -0.39 is 0 Å². The van der Waals surface area contributed by atoms with Crippen molar-refractivity contribution in [2.45, 2.75) is 6.54 Å². The molecule has 1 aromatic rings. The van der Waals surface area contributed by atoms with E-state index in [1.807, 2.05) is 6.07 Å². The van der Waals surface area contributed by atoms with Gasteiger partial charge in [-0.2, -0.15) is 0 Å². The molecule has 2 rings (SSSR count). The molecule has 1 aliphatic rings. The van der Waals surface area contributed by atoms with Crippen molar-refractivity contribution in [1.82, 2.24) is 4.90 Å². The summed E-state index contributed by atoms with van der Waals surface area (Å²) in [4.78, 5) is 25.9. The highest BCUT2D eigenvalue weighted by atomic mass is 32.1. The number of carbonyl (C=O) groups excluding carboxylic acids is 2. The van der Waals surface area contributed by atoms with Crippen LogP contribution in [0.15, 0.2) is 12.1 Å². The molecule has 94 valence electrons. The average molecular weight is 265 g/mol. The molecule has 0 atom stereocenters. The van der Waals surface area contributed by atoms with Gasteiger partial charge in [0.1, 0.15) is 19.8 Å². The van der Waals surface area contributed by atoms with Crippen LogP contribution in [0.1, 0.15) is 9.75 Å². The van der Waals surface area contributed by atoms with Crippen LogP contribution < -0.4 is 0 Å². The van der Waals surface area contributed by atoms with Crippen molar-refractivity contribution < 1.29 is 19.4 Å². The molecule has 0 unspecified atom stereocenters. The Morgan fingerprint density at radius 1 is 1.33 bits per heavy atom. The summed E-state index contributed by atoms with van der Waals surface area (Å²) in [6.45, 7) is -0.0251. The van der Waals surface area contributed by atoms with Gasteiger partial charge in [-0.25, -0.2) is 0 Å². The van der Waals surface area contributed by atoms with E-state index in [2.05, 4.69) is 11.8 Å². The number of imide groups is 1. The summed E-state index contributed by atoms with van der Waals surface area (Å²) < 4.78 is 4.83. The second-order valence-corrected chi connectivity index (χ2v) is 4.76. The standard InChI is InChI=1S/C12H11NO4S/c14-5-1-2-9-3-4-10(18-9)6-13-11(15)7-17-8-12(13)16/h3-4,14H,5-8H2. The Labute approximate surface area is 108 Å². The first kappa shape index (κ1) is 12.8. The molecular weight excluding hydrogens is 254 g/mol. The van der Waals surface area contributed by atoms with E-state index in [-0.39, 0.29) is 38.2 Å². The van der Waals surface area contributed by atoms with Gasteiger partial charge >= 0.3 is 0 Å². The maximum atomic E-state index is 11.5. The molecule has 0 saturated carbocycles. The third-order valence-electron chi connectivity index (χ3n) is 2.32. The molecule has 0 aliphatic carbocycles. The van der Waals surface area contributed by atoms with Gasteiger partial charge in [-0.05, 0) is 12.1 Å². The topological polar surface area (TPSA) is 66.8 Å². The van der Waals surface area contributed by atoms with Crippen LogP contribution in [0, 0.1) is 11.8 Å². The molecule has 0 bridgehead atoms. The smallest absolute Gasteiger partial charge is 0.255 e. The molecule has 1 aliphatic heterocycles. The number of aliphatic hydroxyl groups is 1. The average Bonchev–Trinajstić information content (AvgIpc) is 2.79. The molecule has 5 nitrogen and oxygen atoms in total. The highest BCUT2D eigenvalue weighted by Gasteiger charge is 2.26. The van der Waals surface area contributed by atoms with Crippen molar-refractivity contribution in [3.8, 4) is 11.8 Å². The molecule has 6 heteroatoms. The number of thiophene rings is 1. The molecule has 1 N–H and O–H groups in total. The maximum Gasteiger partial charge on any atom is 0.255 e. The van der Waals surface area contributed by atoms with E-state index in [9.17, 15) is 9.59 Å². The zero-order valence-electron chi connectivity index (χ0n) is 9.51. The summed E-state index contributed by atoms with van der Waals surface area (Å²) in [5.41, 5.74) is 0. The highest BCUT2D eigenvalue weighted by Crippen LogP contribution is 2.18. The van der Waals surface area contributed by atoms with Gasteiger partial charge in [-0.3, -0.25) is 14.5 Å². The van der Waals surface area contributed by atoms with Gasteiger partial charge in [0, 0.05) is 4.88 Å². The molecule has 1 fully saturated rings. The van der Waals surface area contributed by atoms with Crippen LogP contribution >= 0.6 is 11.3 Å². The fourth-order valence-electron chi connectivity index (χ4n) is 1.51. The summed E-state index contributed by atoms with van der Waals surface area (Å²) in [5, 5.41) is 8.58. The van der Waals surface area contributed by atoms with Crippen LogP contribution in [0.25, 0.3) is 0 Å². The van der Waals surface area contributed by atoms with Gasteiger partial charge in [-0.15, -0.1) is 11.3 Å². The van der Waals surface area contributed by atoms with Gasteiger partial charge in [0.05, 0.1) is 11.4 Å². The lowest BCUT2D eigenvalue weighted by atomic mass is 10.3. The monoisotopic (exact) mass is 265 g/mol. The van der Waals surface area contributed by atoms with Gasteiger partial charge in [-0.1, -0.05) is 11.8 Å². The molecule has 18 heavy (non-hydrogen) atoms. The third kappa shape index (κ3) is 2.96. The van der Waals surface area contributed by atoms with Crippen LogP contribution in [0.4, 0.5) is 0 Å². The van der Waals surface area contributed by atoms with Gasteiger partial charge < -0.3 is 9.84 Å². The molecular formula is C12H11NO4S. The number of nitrogens with zero attached hydrogens (tertiary/aromatic N) is 1. The normalized spacial score (nSPS) is 15.5. The van der Waals surface area contributed by atoms with Crippen molar-refractivity contribution in [2.24, 2.45) is 0 Å². The van der Waals surface area contributed by atoms with Crippen LogP contribution in [0.3, 0.4) is 0 Å². The van der Waals surface area contributed by atoms with E-state index in [1.165, 1.54) is 16.2 Å². The minimum absolute atomic E-state index is 0.0473. The lowest BCUT2D eigenvalue weighted by Gasteiger charge is -2.24. The lowest BCUT2D eigenvalue weighted by Crippen LogP contribution is -2.45. The number of morpholine rings is 1. The van der Waals surface area contributed by atoms with Gasteiger partial charge in [0.15, 0.2) is 0 Å². The quantitative estimate of drug-likeness (QED) is 0.603. The van der Waals surface area contributed by atoms with Crippen molar-refractivity contribution >= 4 is 23.2 Å². The molecule has 1 aromatic heterocycles. The zero-order chi connectivity index (χ0) is 13.0. The number of amides is 2. The summed E-state index contributed by atoms with van der Waals surface area (Å²) >= 11 is 1.40. The van der Waals surface area contributed by atoms with Crippen molar-refractivity contribution in [2.75, 3.05) is 19.8 Å². The fourth-order valence-corrected chi connectivity index (χ4v) is 2.38. The summed E-state index contributed by atoms with van der Waals surface area (Å²) in [7, 11) is 0. The first-order chi connectivity index (χ1) is 8.70. The Balaban J connectivity index is 2.06. The predicted molar refractivity (Wildman–Crippen MR) is 64.7 cm³/mol. The maximum absolute atomic E-state index is 11.5. The fraction of sp³-hybridized carbons (Fsp3) is 0.333. The Kier molecular flexibility index (Phi) is 4.10. The first-order valence-corrected chi connectivity index (χ1v) is 6.11. The van der Waals surface area contributed by atoms with Crippen LogP contribution in [0.5, 0.6) is 0 Å². The number of hydrogen-bond acceptors (Lipinski definition) is 5. The summed E-state index contributed by atoms with van der Waals surface area (Å²) in [6, 6.07) is 3.63. The van der Waals surface area contributed by atoms with Gasteiger partial charge in [0.25, 0.3) is 11.8 Å². The van der Waals surface area contributed by atoms with E-state index in [0.717, 1.165) is 9.75 Å². The van der Waals surface area contributed by atoms with Gasteiger partial charge in [0.2, 0.25) is 0 Å². The van der Waals surface area contributed by atoms with Crippen molar-refractivity contribution in [3.63, 3.8) is 0 Å². The minimum atomic E-state index is -0.317. The van der Waals surface area contributed by atoms with Crippen molar-refractivity contribution in [1.29, 1.82) is 0 Å². The lowest BCUT2D eigenvalue weighted by molar-refractivity contribution is -0.159. The first-order valence-electron chi connectivity index (χ1n) is 5.30. The van der Waals surface area contributed by atoms with E-state index in [0.29, 0.717) is 0 Å². The van der Waals surface area contributed by atoms with E-state index >= 15 is 0 Å². The number of hydrogen-bond donors (Lipinski definition) is 1. The number of carbonyl (C=O) groups is 2. The molecule has 2 amide bonds. The van der Waals surface area contributed by atoms with Crippen LogP contribution in [-0.2, 0) is 20.9 Å². The minimum Gasteiger partial charge on any atom is -0.384 e. The summed E-state index contributed by atoms with van der Waals surface area (Å²) in [6.07, 6.45) is 0. The van der Waals surface area contributed by atoms with E-state index in [4.69, 9.17) is 9.84 Å². The second kappa shape index (κ2) is 5.78. The van der Waals surface area contributed by atoms with Crippen LogP contribution in [-0.4, -0.2) is 41.6 Å². The molecule has 0 radical (unpaired) electrons. The Hall–Kier alpha value is -1.68. The Bertz CT molecular complexity index is 510. The molecule has 0 aromatic carbocycles. The largest absolute Gasteiger partial charge is 0.384 e. The summed E-state index contributed by atoms with van der Waals surface area (Å²) in [5.74, 6) is 4.69. The zero-order valence-corrected chi connectivity index (χ0v) is 10.3. The third-order valence-corrected chi connectivity index (χ3v) is 3.30. The highest BCUT2D eigenvalue weighted by molar-refractivity contribution is 7.12. The SMILES string of the molecule is O=C1COCC(=O)N1Cc1ccc(C#CCO)s1. The second-order valence-electron chi connectivity index (χ2n) is 3.59. The molecule has 2 heterocycles. The Morgan fingerprint density at radius 2 is 2.06 bits per heavy atom. The number of rotatable bonds is 2. The van der Waals surface area contributed by atoms with Crippen LogP contribution in [0.2, 0.25) is 0 Å². The number of aliphatic hydroxyl groups excluding tert-OH is 1. The van der Waals surface area contributed by atoms with E-state index in [1.54, 1.807) is 6.07 Å². The molecule has 0 spiro atoms. The molecule has 1 saturated heterocycles. The Morgan fingerprint density at radius 3 is 2.72 bits per heavy atom. The van der Waals surface area contributed by atoms with Crippen molar-refractivity contribution in [3.05, 3.63) is 21.9 Å². The predicted octanol–water partition coefficient (Wildman–Crippen LogP) is -0.0227.